The molecule has 1 aliphatic rings. The second-order valence-corrected chi connectivity index (χ2v) is 8.32. The van der Waals surface area contributed by atoms with Crippen LogP contribution in [0.2, 0.25) is 0 Å². The summed E-state index contributed by atoms with van der Waals surface area (Å²) in [5.74, 6) is 0.472. The number of rotatable bonds is 7. The number of aliphatic imine (C=N–C) groups is 1. The van der Waals surface area contributed by atoms with Gasteiger partial charge in [0.05, 0.1) is 6.26 Å². The van der Waals surface area contributed by atoms with E-state index >= 15 is 0 Å². The van der Waals surface area contributed by atoms with E-state index in [1.165, 1.54) is 12.1 Å². The molecule has 0 aliphatic carbocycles. The van der Waals surface area contributed by atoms with Crippen molar-refractivity contribution in [3.8, 4) is 0 Å². The Morgan fingerprint density at radius 3 is 2.41 bits per heavy atom. The number of benzene rings is 1. The number of nitrogens with zero attached hydrogens (tertiary/aromatic N) is 2. The second-order valence-electron chi connectivity index (χ2n) is 6.49. The third-order valence-corrected chi connectivity index (χ3v) is 4.98. The van der Waals surface area contributed by atoms with Gasteiger partial charge in [-0.2, -0.15) is 0 Å². The Morgan fingerprint density at radius 2 is 1.85 bits per heavy atom. The van der Waals surface area contributed by atoms with Gasteiger partial charge in [-0.3, -0.25) is 9.89 Å². The van der Waals surface area contributed by atoms with Crippen LogP contribution in [-0.4, -0.2) is 64.8 Å². The Balaban J connectivity index is 0.00000364. The van der Waals surface area contributed by atoms with Crippen LogP contribution in [0.3, 0.4) is 0 Å². The average molecular weight is 513 g/mol. The molecule has 0 spiro atoms. The first kappa shape index (κ1) is 24.1. The molecule has 1 aromatic carbocycles. The first-order chi connectivity index (χ1) is 12.4. The van der Waals surface area contributed by atoms with Crippen molar-refractivity contribution in [2.45, 2.75) is 25.4 Å². The van der Waals surface area contributed by atoms with Gasteiger partial charge >= 0.3 is 0 Å². The maximum atomic E-state index is 13.0. The SMILES string of the molecule is CN=C(NCCNS(C)(=O)=O)NC1CCN(Cc2ccc(F)cc2)CC1.I. The van der Waals surface area contributed by atoms with Crippen LogP contribution in [0.25, 0.3) is 0 Å². The molecule has 154 valence electrons. The number of hydrogen-bond donors (Lipinski definition) is 3. The summed E-state index contributed by atoms with van der Waals surface area (Å²) in [6.07, 6.45) is 3.12. The summed E-state index contributed by atoms with van der Waals surface area (Å²) in [6, 6.07) is 6.98. The fourth-order valence-electron chi connectivity index (χ4n) is 2.89. The molecule has 1 aromatic rings. The highest BCUT2D eigenvalue weighted by molar-refractivity contribution is 14.0. The van der Waals surface area contributed by atoms with E-state index in [-0.39, 0.29) is 29.8 Å². The van der Waals surface area contributed by atoms with Gasteiger partial charge in [0.1, 0.15) is 5.82 Å². The van der Waals surface area contributed by atoms with Crippen LogP contribution in [0.5, 0.6) is 0 Å². The van der Waals surface area contributed by atoms with Crippen molar-refractivity contribution in [3.05, 3.63) is 35.6 Å². The lowest BCUT2D eigenvalue weighted by atomic mass is 10.0. The summed E-state index contributed by atoms with van der Waals surface area (Å²) in [5, 5.41) is 6.49. The Morgan fingerprint density at radius 1 is 1.22 bits per heavy atom. The van der Waals surface area contributed by atoms with Gasteiger partial charge in [0.25, 0.3) is 0 Å². The van der Waals surface area contributed by atoms with Crippen molar-refractivity contribution in [3.63, 3.8) is 0 Å². The van der Waals surface area contributed by atoms with Crippen LogP contribution in [0, 0.1) is 5.82 Å². The quantitative estimate of drug-likeness (QED) is 0.220. The van der Waals surface area contributed by atoms with E-state index in [1.807, 2.05) is 12.1 Å². The van der Waals surface area contributed by atoms with Crippen molar-refractivity contribution in [2.75, 3.05) is 39.5 Å². The van der Waals surface area contributed by atoms with Gasteiger partial charge in [0.15, 0.2) is 5.96 Å². The molecule has 0 bridgehead atoms. The number of piperidine rings is 1. The minimum atomic E-state index is -3.17. The number of likely N-dealkylation sites (tertiary alicyclic amines) is 1. The molecule has 0 unspecified atom stereocenters. The van der Waals surface area contributed by atoms with Gasteiger partial charge in [-0.25, -0.2) is 17.5 Å². The third-order valence-electron chi connectivity index (χ3n) is 4.25. The molecule has 2 rings (SSSR count). The number of nitrogens with one attached hydrogen (secondary N) is 3. The van der Waals surface area contributed by atoms with Crippen LogP contribution >= 0.6 is 24.0 Å². The zero-order valence-electron chi connectivity index (χ0n) is 15.7. The summed E-state index contributed by atoms with van der Waals surface area (Å²) in [7, 11) is -1.47. The van der Waals surface area contributed by atoms with E-state index in [0.717, 1.165) is 44.3 Å². The van der Waals surface area contributed by atoms with Gasteiger partial charge in [-0.1, -0.05) is 12.1 Å². The zero-order chi connectivity index (χ0) is 19.0. The molecule has 1 heterocycles. The van der Waals surface area contributed by atoms with Gasteiger partial charge < -0.3 is 10.6 Å². The van der Waals surface area contributed by atoms with Gasteiger partial charge in [-0.15, -0.1) is 24.0 Å². The minimum Gasteiger partial charge on any atom is -0.355 e. The molecule has 1 fully saturated rings. The van der Waals surface area contributed by atoms with Crippen LogP contribution < -0.4 is 15.4 Å². The monoisotopic (exact) mass is 513 g/mol. The number of sulfonamides is 1. The lowest BCUT2D eigenvalue weighted by Gasteiger charge is -2.33. The van der Waals surface area contributed by atoms with E-state index in [4.69, 9.17) is 0 Å². The van der Waals surface area contributed by atoms with E-state index in [9.17, 15) is 12.8 Å². The average Bonchev–Trinajstić information content (AvgIpc) is 2.60. The first-order valence-corrected chi connectivity index (χ1v) is 10.6. The van der Waals surface area contributed by atoms with Gasteiger partial charge in [0.2, 0.25) is 10.0 Å². The zero-order valence-corrected chi connectivity index (χ0v) is 18.9. The normalized spacial score (nSPS) is 16.6. The summed E-state index contributed by atoms with van der Waals surface area (Å²) in [6.45, 7) is 3.53. The second kappa shape index (κ2) is 11.8. The molecule has 27 heavy (non-hydrogen) atoms. The highest BCUT2D eigenvalue weighted by Crippen LogP contribution is 2.14. The Bertz CT molecular complexity index is 692. The Kier molecular flexibility index (Phi) is 10.5. The third kappa shape index (κ3) is 9.67. The van der Waals surface area contributed by atoms with E-state index in [1.54, 1.807) is 7.05 Å². The molecule has 0 aromatic heterocycles. The van der Waals surface area contributed by atoms with Crippen molar-refractivity contribution in [2.24, 2.45) is 4.99 Å². The Hall–Kier alpha value is -0.980. The van der Waals surface area contributed by atoms with Gasteiger partial charge in [0, 0.05) is 45.8 Å². The highest BCUT2D eigenvalue weighted by atomic mass is 127. The summed E-state index contributed by atoms with van der Waals surface area (Å²) < 4.78 is 37.5. The molecular weight excluding hydrogens is 484 g/mol. The van der Waals surface area contributed by atoms with Crippen LogP contribution in [-0.2, 0) is 16.6 Å². The smallest absolute Gasteiger partial charge is 0.208 e. The molecule has 10 heteroatoms. The predicted molar refractivity (Wildman–Crippen MR) is 117 cm³/mol. The van der Waals surface area contributed by atoms with Crippen molar-refractivity contribution in [1.29, 1.82) is 0 Å². The van der Waals surface area contributed by atoms with Gasteiger partial charge in [-0.05, 0) is 30.5 Å². The molecular formula is C17H29FIN5O2S. The maximum absolute atomic E-state index is 13.0. The summed E-state index contributed by atoms with van der Waals surface area (Å²) in [4.78, 5) is 6.54. The predicted octanol–water partition coefficient (Wildman–Crippen LogP) is 1.12. The Labute approximate surface area is 178 Å². The first-order valence-electron chi connectivity index (χ1n) is 8.74. The number of guanidine groups is 1. The molecule has 0 atom stereocenters. The van der Waals surface area contributed by atoms with Crippen molar-refractivity contribution < 1.29 is 12.8 Å². The molecule has 0 saturated carbocycles. The van der Waals surface area contributed by atoms with Crippen LogP contribution in [0.4, 0.5) is 4.39 Å². The van der Waals surface area contributed by atoms with Crippen molar-refractivity contribution in [1.82, 2.24) is 20.3 Å². The molecule has 0 amide bonds. The standard InChI is InChI=1S/C17H28FN5O2S.HI/c1-19-17(20-9-10-21-26(2,24)25)22-16-7-11-23(12-8-16)13-14-3-5-15(18)6-4-14;/h3-6,16,21H,7-13H2,1-2H3,(H2,19,20,22);1H. The van der Waals surface area contributed by atoms with Crippen LogP contribution in [0.1, 0.15) is 18.4 Å². The fourth-order valence-corrected chi connectivity index (χ4v) is 3.36. The highest BCUT2D eigenvalue weighted by Gasteiger charge is 2.20. The summed E-state index contributed by atoms with van der Waals surface area (Å²) >= 11 is 0. The largest absolute Gasteiger partial charge is 0.355 e. The lowest BCUT2D eigenvalue weighted by molar-refractivity contribution is 0.198. The number of halogens is 2. The molecule has 3 N–H and O–H groups in total. The van der Waals surface area contributed by atoms with Crippen molar-refractivity contribution >= 4 is 40.0 Å². The molecule has 1 aliphatic heterocycles. The fraction of sp³-hybridized carbons (Fsp3) is 0.588. The van der Waals surface area contributed by atoms with E-state index < -0.39 is 10.0 Å². The molecule has 7 nitrogen and oxygen atoms in total. The minimum absolute atomic E-state index is 0. The molecule has 1 saturated heterocycles. The summed E-state index contributed by atoms with van der Waals surface area (Å²) in [5.41, 5.74) is 1.12. The topological polar surface area (TPSA) is 85.8 Å². The molecule has 0 radical (unpaired) electrons. The van der Waals surface area contributed by atoms with E-state index in [2.05, 4.69) is 25.2 Å². The van der Waals surface area contributed by atoms with Crippen LogP contribution in [0.15, 0.2) is 29.3 Å². The van der Waals surface area contributed by atoms with E-state index in [0.29, 0.717) is 25.1 Å². The lowest BCUT2D eigenvalue weighted by Crippen LogP contribution is -2.49. The number of hydrogen-bond acceptors (Lipinski definition) is 4. The maximum Gasteiger partial charge on any atom is 0.208 e.